The van der Waals surface area contributed by atoms with Crippen molar-refractivity contribution < 1.29 is 9.53 Å². The molecule has 1 fully saturated rings. The molecular formula is C17H24N2O2. The van der Waals surface area contributed by atoms with Crippen molar-refractivity contribution in [3.05, 3.63) is 34.9 Å². The van der Waals surface area contributed by atoms with Crippen LogP contribution in [-0.2, 0) is 17.8 Å². The number of nitrogens with one attached hydrogen (secondary N) is 1. The Morgan fingerprint density at radius 1 is 1.38 bits per heavy atom. The summed E-state index contributed by atoms with van der Waals surface area (Å²) in [4.78, 5) is 14.6. The lowest BCUT2D eigenvalue weighted by atomic mass is 10.0. The Bertz CT molecular complexity index is 516. The van der Waals surface area contributed by atoms with Crippen LogP contribution in [0, 0.1) is 0 Å². The van der Waals surface area contributed by atoms with Crippen molar-refractivity contribution in [2.75, 3.05) is 19.7 Å². The van der Waals surface area contributed by atoms with Crippen molar-refractivity contribution in [1.29, 1.82) is 0 Å². The molecule has 114 valence electrons. The van der Waals surface area contributed by atoms with Gasteiger partial charge in [0.05, 0.1) is 6.10 Å². The summed E-state index contributed by atoms with van der Waals surface area (Å²) in [6.45, 7) is 6.27. The summed E-state index contributed by atoms with van der Waals surface area (Å²) in [5.74, 6) is 0.148. The quantitative estimate of drug-likeness (QED) is 0.924. The van der Waals surface area contributed by atoms with Crippen LogP contribution in [0.5, 0.6) is 0 Å². The SMILES string of the molecule is CCCOC1CCCN(C(=O)c2ccc3c(c2)CNC3)C1. The minimum atomic E-state index is 0.148. The van der Waals surface area contributed by atoms with Crippen molar-refractivity contribution >= 4 is 5.91 Å². The molecule has 0 radical (unpaired) electrons. The molecule has 0 spiro atoms. The standard InChI is InChI=1S/C17H24N2O2/c1-2-8-21-16-4-3-7-19(12-16)17(20)13-5-6-14-10-18-11-15(14)9-13/h5-6,9,16,18H,2-4,7-8,10-12H2,1H3. The van der Waals surface area contributed by atoms with Crippen molar-refractivity contribution in [3.8, 4) is 0 Å². The molecule has 1 aromatic rings. The topological polar surface area (TPSA) is 41.6 Å². The number of hydrogen-bond donors (Lipinski definition) is 1. The molecule has 0 saturated carbocycles. The van der Waals surface area contributed by atoms with Crippen LogP contribution in [0.1, 0.15) is 47.7 Å². The molecule has 1 aromatic carbocycles. The molecule has 2 aliphatic heterocycles. The molecule has 1 atom stereocenters. The van der Waals surface area contributed by atoms with Gasteiger partial charge >= 0.3 is 0 Å². The minimum absolute atomic E-state index is 0.148. The lowest BCUT2D eigenvalue weighted by Gasteiger charge is -2.32. The number of carbonyl (C=O) groups is 1. The number of piperidine rings is 1. The number of ether oxygens (including phenoxy) is 1. The molecule has 1 N–H and O–H groups in total. The highest BCUT2D eigenvalue weighted by atomic mass is 16.5. The highest BCUT2D eigenvalue weighted by Gasteiger charge is 2.25. The average molecular weight is 288 g/mol. The summed E-state index contributed by atoms with van der Waals surface area (Å²) < 4.78 is 5.82. The number of amides is 1. The summed E-state index contributed by atoms with van der Waals surface area (Å²) in [6, 6.07) is 6.09. The van der Waals surface area contributed by atoms with Gasteiger partial charge in [0.1, 0.15) is 0 Å². The van der Waals surface area contributed by atoms with E-state index in [9.17, 15) is 4.79 Å². The van der Waals surface area contributed by atoms with E-state index in [1.807, 2.05) is 17.0 Å². The number of benzene rings is 1. The number of fused-ring (bicyclic) bond motifs is 1. The van der Waals surface area contributed by atoms with Crippen LogP contribution in [0.2, 0.25) is 0 Å². The third-order valence-corrected chi connectivity index (χ3v) is 4.31. The lowest BCUT2D eigenvalue weighted by Crippen LogP contribution is -2.43. The number of likely N-dealkylation sites (tertiary alicyclic amines) is 1. The fourth-order valence-corrected chi connectivity index (χ4v) is 3.15. The molecular weight excluding hydrogens is 264 g/mol. The van der Waals surface area contributed by atoms with Crippen LogP contribution in [0.4, 0.5) is 0 Å². The first-order valence-corrected chi connectivity index (χ1v) is 8.01. The Kier molecular flexibility index (Phi) is 4.56. The van der Waals surface area contributed by atoms with Gasteiger partial charge in [-0.25, -0.2) is 0 Å². The monoisotopic (exact) mass is 288 g/mol. The number of hydrogen-bond acceptors (Lipinski definition) is 3. The molecule has 4 heteroatoms. The summed E-state index contributed by atoms with van der Waals surface area (Å²) in [5, 5.41) is 3.32. The first kappa shape index (κ1) is 14.5. The first-order chi connectivity index (χ1) is 10.3. The molecule has 4 nitrogen and oxygen atoms in total. The van der Waals surface area contributed by atoms with Gasteiger partial charge in [-0.3, -0.25) is 4.79 Å². The van der Waals surface area contributed by atoms with Crippen molar-refractivity contribution in [3.63, 3.8) is 0 Å². The van der Waals surface area contributed by atoms with E-state index in [1.165, 1.54) is 11.1 Å². The predicted octanol–water partition coefficient (Wildman–Crippen LogP) is 2.32. The van der Waals surface area contributed by atoms with E-state index in [1.54, 1.807) is 0 Å². The van der Waals surface area contributed by atoms with E-state index < -0.39 is 0 Å². The van der Waals surface area contributed by atoms with E-state index in [0.29, 0.717) is 0 Å². The Hall–Kier alpha value is -1.39. The lowest BCUT2D eigenvalue weighted by molar-refractivity contribution is 0.00211. The molecule has 1 unspecified atom stereocenters. The van der Waals surface area contributed by atoms with Gasteiger partial charge in [-0.15, -0.1) is 0 Å². The molecule has 2 aliphatic rings. The fraction of sp³-hybridized carbons (Fsp3) is 0.588. The van der Waals surface area contributed by atoms with Crippen molar-refractivity contribution in [2.24, 2.45) is 0 Å². The zero-order valence-corrected chi connectivity index (χ0v) is 12.7. The van der Waals surface area contributed by atoms with Crippen molar-refractivity contribution in [1.82, 2.24) is 10.2 Å². The van der Waals surface area contributed by atoms with E-state index in [4.69, 9.17) is 4.74 Å². The molecule has 1 saturated heterocycles. The Morgan fingerprint density at radius 2 is 2.24 bits per heavy atom. The van der Waals surface area contributed by atoms with Crippen LogP contribution in [0.3, 0.4) is 0 Å². The molecule has 3 rings (SSSR count). The van der Waals surface area contributed by atoms with Gasteiger partial charge in [-0.05, 0) is 42.5 Å². The van der Waals surface area contributed by atoms with Crippen LogP contribution < -0.4 is 5.32 Å². The third kappa shape index (κ3) is 3.27. The summed E-state index contributed by atoms with van der Waals surface area (Å²) in [7, 11) is 0. The maximum Gasteiger partial charge on any atom is 0.253 e. The van der Waals surface area contributed by atoms with E-state index in [0.717, 1.165) is 57.6 Å². The van der Waals surface area contributed by atoms with Gasteiger partial charge in [0.15, 0.2) is 0 Å². The summed E-state index contributed by atoms with van der Waals surface area (Å²) in [5.41, 5.74) is 3.39. The normalized spacial score (nSPS) is 21.4. The smallest absolute Gasteiger partial charge is 0.253 e. The second kappa shape index (κ2) is 6.58. The van der Waals surface area contributed by atoms with Crippen LogP contribution in [0.15, 0.2) is 18.2 Å². The summed E-state index contributed by atoms with van der Waals surface area (Å²) >= 11 is 0. The number of nitrogens with zero attached hydrogens (tertiary/aromatic N) is 1. The highest BCUT2D eigenvalue weighted by Crippen LogP contribution is 2.20. The summed E-state index contributed by atoms with van der Waals surface area (Å²) in [6.07, 6.45) is 3.34. The van der Waals surface area contributed by atoms with Crippen LogP contribution >= 0.6 is 0 Å². The van der Waals surface area contributed by atoms with Crippen molar-refractivity contribution in [2.45, 2.75) is 45.4 Å². The van der Waals surface area contributed by atoms with Gasteiger partial charge in [-0.2, -0.15) is 0 Å². The second-order valence-electron chi connectivity index (χ2n) is 5.97. The average Bonchev–Trinajstić information content (AvgIpc) is 3.00. The van der Waals surface area contributed by atoms with E-state index >= 15 is 0 Å². The van der Waals surface area contributed by atoms with Gasteiger partial charge in [0.25, 0.3) is 5.91 Å². The predicted molar refractivity (Wildman–Crippen MR) is 82.2 cm³/mol. The zero-order valence-electron chi connectivity index (χ0n) is 12.7. The first-order valence-electron chi connectivity index (χ1n) is 8.01. The number of rotatable bonds is 4. The zero-order chi connectivity index (χ0) is 14.7. The molecule has 0 aromatic heterocycles. The van der Waals surface area contributed by atoms with Crippen LogP contribution in [-0.4, -0.2) is 36.6 Å². The van der Waals surface area contributed by atoms with Gasteiger partial charge in [0, 0.05) is 38.3 Å². The van der Waals surface area contributed by atoms with Gasteiger partial charge in [-0.1, -0.05) is 13.0 Å². The van der Waals surface area contributed by atoms with Gasteiger partial charge < -0.3 is 15.0 Å². The maximum atomic E-state index is 12.7. The van der Waals surface area contributed by atoms with E-state index in [-0.39, 0.29) is 12.0 Å². The van der Waals surface area contributed by atoms with Gasteiger partial charge in [0.2, 0.25) is 0 Å². The molecule has 2 heterocycles. The largest absolute Gasteiger partial charge is 0.376 e. The molecule has 0 aliphatic carbocycles. The number of carbonyl (C=O) groups excluding carboxylic acids is 1. The maximum absolute atomic E-state index is 12.7. The molecule has 0 bridgehead atoms. The molecule has 1 amide bonds. The molecule has 21 heavy (non-hydrogen) atoms. The Morgan fingerprint density at radius 3 is 3.10 bits per heavy atom. The minimum Gasteiger partial charge on any atom is -0.376 e. The Labute approximate surface area is 126 Å². The second-order valence-corrected chi connectivity index (χ2v) is 5.97. The highest BCUT2D eigenvalue weighted by molar-refractivity contribution is 5.94. The van der Waals surface area contributed by atoms with Crippen LogP contribution in [0.25, 0.3) is 0 Å². The Balaban J connectivity index is 1.67. The third-order valence-electron chi connectivity index (χ3n) is 4.31. The fourth-order valence-electron chi connectivity index (χ4n) is 3.15. The van der Waals surface area contributed by atoms with E-state index in [2.05, 4.69) is 18.3 Å².